The number of carbonyl (C=O) groups excluding carboxylic acids is 3. The Morgan fingerprint density at radius 1 is 1.26 bits per heavy atom. The number of rotatable bonds is 2. The maximum absolute atomic E-state index is 11.3. The predicted molar refractivity (Wildman–Crippen MR) is 83.6 cm³/mol. The number of ketones is 1. The highest BCUT2D eigenvalue weighted by Gasteiger charge is 2.24. The number of esters is 1. The monoisotopic (exact) mass is 331 g/mol. The van der Waals surface area contributed by atoms with Crippen molar-refractivity contribution in [3.8, 4) is 0 Å². The van der Waals surface area contributed by atoms with Crippen molar-refractivity contribution < 1.29 is 28.6 Å². The lowest BCUT2D eigenvalue weighted by molar-refractivity contribution is -0.135. The van der Waals surface area contributed by atoms with Crippen LogP contribution in [0.15, 0.2) is 24.6 Å². The summed E-state index contributed by atoms with van der Waals surface area (Å²) in [5.41, 5.74) is -0.517. The molecule has 1 aliphatic heterocycles. The van der Waals surface area contributed by atoms with Gasteiger partial charge in [-0.3, -0.25) is 21.4 Å². The molecule has 0 saturated carbocycles. The zero-order chi connectivity index (χ0) is 18.5. The Morgan fingerprint density at radius 3 is 2.17 bits per heavy atom. The molecule has 1 aliphatic rings. The summed E-state index contributed by atoms with van der Waals surface area (Å²) in [6, 6.07) is 0. The zero-order valence-electron chi connectivity index (χ0n) is 14.1. The number of nitrogens with zero attached hydrogens (tertiary/aromatic N) is 1. The van der Waals surface area contributed by atoms with Gasteiger partial charge in [0.25, 0.3) is 0 Å². The van der Waals surface area contributed by atoms with Gasteiger partial charge in [-0.2, -0.15) is 0 Å². The van der Waals surface area contributed by atoms with E-state index < -0.39 is 17.7 Å². The summed E-state index contributed by atoms with van der Waals surface area (Å²) in [6.45, 7) is 5.44. The largest absolute Gasteiger partial charge is 0.504 e. The molecule has 0 spiro atoms. The van der Waals surface area contributed by atoms with Crippen LogP contribution in [-0.4, -0.2) is 49.1 Å². The highest BCUT2D eigenvalue weighted by molar-refractivity contribution is 5.96. The van der Waals surface area contributed by atoms with E-state index in [4.69, 9.17) is 4.74 Å². The number of carbonyl (C=O) groups is 3. The molecule has 4 N–H and O–H groups in total. The molecule has 0 saturated heterocycles. The van der Waals surface area contributed by atoms with Gasteiger partial charge in [-0.05, 0) is 26.8 Å². The average molecular weight is 331 g/mol. The number of hydrogen-bond acceptors (Lipinski definition) is 8. The van der Waals surface area contributed by atoms with Crippen molar-refractivity contribution in [1.29, 1.82) is 0 Å². The maximum atomic E-state index is 11.3. The first kappa shape index (κ1) is 22.9. The van der Waals surface area contributed by atoms with E-state index in [2.05, 4.69) is 21.2 Å². The zero-order valence-corrected chi connectivity index (χ0v) is 14.1. The van der Waals surface area contributed by atoms with E-state index in [0.717, 1.165) is 0 Å². The second-order valence-electron chi connectivity index (χ2n) is 4.95. The average Bonchev–Trinajstić information content (AvgIpc) is 2.92. The van der Waals surface area contributed by atoms with E-state index in [9.17, 15) is 14.4 Å². The highest BCUT2D eigenvalue weighted by Crippen LogP contribution is 2.11. The first-order valence-corrected chi connectivity index (χ1v) is 6.51. The first-order chi connectivity index (χ1) is 10.7. The van der Waals surface area contributed by atoms with Crippen LogP contribution in [0, 0.1) is 0 Å². The number of methoxy groups -OCH3 is 2. The van der Waals surface area contributed by atoms with Gasteiger partial charge in [0, 0.05) is 6.20 Å². The van der Waals surface area contributed by atoms with Crippen molar-refractivity contribution >= 4 is 17.8 Å². The highest BCUT2D eigenvalue weighted by atomic mass is 16.6. The minimum absolute atomic E-state index is 0.0779. The first-order valence-electron chi connectivity index (χ1n) is 6.51. The van der Waals surface area contributed by atoms with E-state index in [0.29, 0.717) is 0 Å². The predicted octanol–water partition coefficient (Wildman–Crippen LogP) is 0.458. The summed E-state index contributed by atoms with van der Waals surface area (Å²) in [5, 5.41) is 0. The molecule has 0 aliphatic carbocycles. The molecule has 0 fully saturated rings. The van der Waals surface area contributed by atoms with Gasteiger partial charge in [-0.15, -0.1) is 0 Å². The van der Waals surface area contributed by atoms with Gasteiger partial charge in [-0.1, -0.05) is 0 Å². The molecular weight excluding hydrogens is 306 g/mol. The van der Waals surface area contributed by atoms with Gasteiger partial charge >= 0.3 is 12.1 Å². The standard InChI is InChI=1S/C9H13NO3.C5H8O3.H4N2/c1-9(2,3)13-8(12)10-5-4-7(11)6-10;1-7-4-3-5(6)8-2;1-2/h4-5H,6H2,1-3H3;3-4H,1-2H3;1-2H2/b;4-3+;. The van der Waals surface area contributed by atoms with Crippen molar-refractivity contribution in [2.24, 2.45) is 11.7 Å². The van der Waals surface area contributed by atoms with Gasteiger partial charge in [-0.25, -0.2) is 9.59 Å². The molecule has 0 aromatic heterocycles. The van der Waals surface area contributed by atoms with Crippen molar-refractivity contribution in [1.82, 2.24) is 4.90 Å². The minimum Gasteiger partial charge on any atom is -0.504 e. The Kier molecular flexibility index (Phi) is 12.1. The molecule has 9 nitrogen and oxygen atoms in total. The van der Waals surface area contributed by atoms with Gasteiger partial charge < -0.3 is 14.2 Å². The molecule has 132 valence electrons. The Hall–Kier alpha value is -2.39. The third kappa shape index (κ3) is 13.0. The fourth-order valence-corrected chi connectivity index (χ4v) is 1.08. The normalized spacial score (nSPS) is 12.8. The van der Waals surface area contributed by atoms with Crippen LogP contribution in [0.4, 0.5) is 4.79 Å². The number of nitrogens with two attached hydrogens (primary N) is 2. The number of amides is 1. The van der Waals surface area contributed by atoms with Crippen LogP contribution in [0.1, 0.15) is 20.8 Å². The third-order valence-corrected chi connectivity index (χ3v) is 1.94. The molecule has 0 radical (unpaired) electrons. The van der Waals surface area contributed by atoms with Crippen LogP contribution in [-0.2, 0) is 23.8 Å². The summed E-state index contributed by atoms with van der Waals surface area (Å²) < 4.78 is 13.7. The summed E-state index contributed by atoms with van der Waals surface area (Å²) in [5.74, 6) is 7.51. The number of hydrogen-bond donors (Lipinski definition) is 2. The maximum Gasteiger partial charge on any atom is 0.414 e. The van der Waals surface area contributed by atoms with E-state index in [1.54, 1.807) is 20.8 Å². The van der Waals surface area contributed by atoms with Crippen LogP contribution in [0.3, 0.4) is 0 Å². The molecule has 9 heteroatoms. The lowest BCUT2D eigenvalue weighted by Gasteiger charge is -2.22. The van der Waals surface area contributed by atoms with Crippen LogP contribution in [0.5, 0.6) is 0 Å². The summed E-state index contributed by atoms with van der Waals surface area (Å²) in [7, 11) is 2.77. The van der Waals surface area contributed by atoms with Crippen molar-refractivity contribution in [2.45, 2.75) is 26.4 Å². The Balaban J connectivity index is 0. The Labute approximate surface area is 135 Å². The van der Waals surface area contributed by atoms with E-state index in [-0.39, 0.29) is 12.3 Å². The van der Waals surface area contributed by atoms with E-state index in [1.807, 2.05) is 0 Å². The second kappa shape index (κ2) is 12.2. The lowest BCUT2D eigenvalue weighted by Crippen LogP contribution is -2.33. The van der Waals surface area contributed by atoms with Crippen LogP contribution in [0.25, 0.3) is 0 Å². The molecule has 0 unspecified atom stereocenters. The van der Waals surface area contributed by atoms with Crippen molar-refractivity contribution in [3.05, 3.63) is 24.6 Å². The molecule has 23 heavy (non-hydrogen) atoms. The molecule has 0 atom stereocenters. The molecule has 1 heterocycles. The smallest absolute Gasteiger partial charge is 0.414 e. The van der Waals surface area contributed by atoms with E-state index in [1.165, 1.54) is 43.7 Å². The topological polar surface area (TPSA) is 134 Å². The molecule has 0 aromatic carbocycles. The molecule has 0 bridgehead atoms. The van der Waals surface area contributed by atoms with Gasteiger partial charge in [0.1, 0.15) is 5.60 Å². The fourth-order valence-electron chi connectivity index (χ4n) is 1.08. The summed E-state index contributed by atoms with van der Waals surface area (Å²) in [6.07, 6.45) is 4.78. The van der Waals surface area contributed by atoms with Crippen molar-refractivity contribution in [2.75, 3.05) is 20.8 Å². The Bertz CT molecular complexity index is 440. The molecule has 1 rings (SSSR count). The second-order valence-corrected chi connectivity index (χ2v) is 4.95. The van der Waals surface area contributed by atoms with E-state index >= 15 is 0 Å². The Morgan fingerprint density at radius 2 is 1.83 bits per heavy atom. The summed E-state index contributed by atoms with van der Waals surface area (Å²) in [4.78, 5) is 33.5. The summed E-state index contributed by atoms with van der Waals surface area (Å²) >= 11 is 0. The SMILES string of the molecule is CC(C)(C)OC(=O)N1C=CC(=O)C1.CO/C=C/C(=O)OC.NN. The minimum atomic E-state index is -0.517. The number of ether oxygens (including phenoxy) is 3. The van der Waals surface area contributed by atoms with Gasteiger partial charge in [0.15, 0.2) is 5.78 Å². The number of hydrazine groups is 1. The molecule has 0 aromatic rings. The van der Waals surface area contributed by atoms with Gasteiger partial charge in [0.05, 0.1) is 33.1 Å². The fraction of sp³-hybridized carbons (Fsp3) is 0.500. The van der Waals surface area contributed by atoms with Crippen molar-refractivity contribution in [3.63, 3.8) is 0 Å². The van der Waals surface area contributed by atoms with Crippen LogP contribution < -0.4 is 11.7 Å². The molecule has 1 amide bonds. The van der Waals surface area contributed by atoms with Crippen LogP contribution in [0.2, 0.25) is 0 Å². The third-order valence-electron chi connectivity index (χ3n) is 1.94. The van der Waals surface area contributed by atoms with Crippen LogP contribution >= 0.6 is 0 Å². The quantitative estimate of drug-likeness (QED) is 0.245. The lowest BCUT2D eigenvalue weighted by atomic mass is 10.2. The van der Waals surface area contributed by atoms with Gasteiger partial charge in [0.2, 0.25) is 0 Å². The molecular formula is C14H25N3O6.